The second-order valence-electron chi connectivity index (χ2n) is 6.14. The van der Waals surface area contributed by atoms with Crippen molar-refractivity contribution in [2.24, 2.45) is 11.8 Å². The van der Waals surface area contributed by atoms with Crippen LogP contribution in [-0.2, 0) is 0 Å². The van der Waals surface area contributed by atoms with E-state index < -0.39 is 0 Å². The van der Waals surface area contributed by atoms with Crippen molar-refractivity contribution in [3.8, 4) is 0 Å². The van der Waals surface area contributed by atoms with Crippen LogP contribution in [0.2, 0.25) is 0 Å². The van der Waals surface area contributed by atoms with Crippen molar-refractivity contribution in [3.63, 3.8) is 0 Å². The van der Waals surface area contributed by atoms with Gasteiger partial charge in [-0.05, 0) is 43.9 Å². The summed E-state index contributed by atoms with van der Waals surface area (Å²) in [7, 11) is 0. The van der Waals surface area contributed by atoms with Gasteiger partial charge >= 0.3 is 0 Å². The van der Waals surface area contributed by atoms with Gasteiger partial charge in [-0.1, -0.05) is 61.4 Å². The number of alkyl halides is 1. The topological polar surface area (TPSA) is 0 Å². The molecule has 2 aliphatic rings. The van der Waals surface area contributed by atoms with Gasteiger partial charge in [0.1, 0.15) is 0 Å². The summed E-state index contributed by atoms with van der Waals surface area (Å²) < 4.78 is 0.521. The molecule has 0 radical (unpaired) electrons. The Kier molecular flexibility index (Phi) is 4.76. The molecule has 2 aliphatic carbocycles. The number of halogens is 1. The van der Waals surface area contributed by atoms with Crippen molar-refractivity contribution in [2.45, 2.75) is 81.9 Å². The molecule has 0 unspecified atom stereocenters. The monoisotopic (exact) mass is 286 g/mol. The molecule has 0 amide bonds. The minimum Gasteiger partial charge on any atom is -0.0853 e. The van der Waals surface area contributed by atoms with Gasteiger partial charge in [-0.3, -0.25) is 0 Å². The Labute approximate surface area is 110 Å². The summed E-state index contributed by atoms with van der Waals surface area (Å²) in [6, 6.07) is 0. The van der Waals surface area contributed by atoms with Crippen LogP contribution in [0.4, 0.5) is 0 Å². The van der Waals surface area contributed by atoms with Gasteiger partial charge < -0.3 is 0 Å². The van der Waals surface area contributed by atoms with Crippen molar-refractivity contribution in [2.75, 3.05) is 0 Å². The Balaban J connectivity index is 1.79. The summed E-state index contributed by atoms with van der Waals surface area (Å²) in [6.07, 6.45) is 16.2. The van der Waals surface area contributed by atoms with E-state index in [4.69, 9.17) is 0 Å². The Bertz CT molecular complexity index is 197. The van der Waals surface area contributed by atoms with Crippen molar-refractivity contribution in [3.05, 3.63) is 0 Å². The van der Waals surface area contributed by atoms with Crippen LogP contribution in [0.3, 0.4) is 0 Å². The molecule has 0 atom stereocenters. The van der Waals surface area contributed by atoms with Crippen LogP contribution < -0.4 is 0 Å². The third-order valence-corrected chi connectivity index (χ3v) is 6.13. The fourth-order valence-electron chi connectivity index (χ4n) is 3.93. The maximum absolute atomic E-state index is 4.01. The van der Waals surface area contributed by atoms with E-state index in [1.807, 2.05) is 0 Å². The van der Waals surface area contributed by atoms with Gasteiger partial charge in [0, 0.05) is 4.32 Å². The second kappa shape index (κ2) is 5.89. The average molecular weight is 287 g/mol. The SMILES string of the molecule is CCCC1(Br)CCC(C2CCCCC2)CC1. The van der Waals surface area contributed by atoms with Crippen molar-refractivity contribution >= 4 is 15.9 Å². The van der Waals surface area contributed by atoms with Crippen LogP contribution in [0.5, 0.6) is 0 Å². The molecule has 0 nitrogen and oxygen atoms in total. The van der Waals surface area contributed by atoms with Gasteiger partial charge in [0.15, 0.2) is 0 Å². The molecule has 2 rings (SSSR count). The molecular formula is C15H27Br. The quantitative estimate of drug-likeness (QED) is 0.585. The van der Waals surface area contributed by atoms with Gasteiger partial charge in [-0.25, -0.2) is 0 Å². The summed E-state index contributed by atoms with van der Waals surface area (Å²) in [5, 5.41) is 0. The highest BCUT2D eigenvalue weighted by Crippen LogP contribution is 2.46. The zero-order valence-electron chi connectivity index (χ0n) is 10.8. The Hall–Kier alpha value is 0.480. The first-order valence-corrected chi connectivity index (χ1v) is 8.22. The standard InChI is InChI=1S/C15H27Br/c1-2-10-15(16)11-8-14(9-12-15)13-6-4-3-5-7-13/h13-14H,2-12H2,1H3. The third-order valence-electron chi connectivity index (χ3n) is 4.94. The summed E-state index contributed by atoms with van der Waals surface area (Å²) in [5.41, 5.74) is 0. The molecule has 2 fully saturated rings. The molecule has 0 spiro atoms. The molecule has 0 bridgehead atoms. The molecule has 0 aromatic heterocycles. The second-order valence-corrected chi connectivity index (χ2v) is 7.82. The minimum atomic E-state index is 0.521. The van der Waals surface area contributed by atoms with Crippen LogP contribution in [0, 0.1) is 11.8 Å². The van der Waals surface area contributed by atoms with Crippen LogP contribution in [-0.4, -0.2) is 4.32 Å². The average Bonchev–Trinajstić information content (AvgIpc) is 2.31. The Morgan fingerprint density at radius 1 is 0.938 bits per heavy atom. The molecule has 0 N–H and O–H groups in total. The molecule has 0 aromatic carbocycles. The predicted octanol–water partition coefficient (Wildman–Crippen LogP) is 5.69. The molecule has 2 saturated carbocycles. The largest absolute Gasteiger partial charge is 0.0853 e. The lowest BCUT2D eigenvalue weighted by Gasteiger charge is -2.40. The molecule has 1 heteroatoms. The van der Waals surface area contributed by atoms with Gasteiger partial charge in [-0.2, -0.15) is 0 Å². The number of hydrogen-bond acceptors (Lipinski definition) is 0. The van der Waals surface area contributed by atoms with Gasteiger partial charge in [-0.15, -0.1) is 0 Å². The Morgan fingerprint density at radius 2 is 1.50 bits per heavy atom. The molecule has 0 heterocycles. The fourth-order valence-corrected chi connectivity index (χ4v) is 4.79. The number of rotatable bonds is 3. The zero-order chi connectivity index (χ0) is 11.4. The normalized spacial score (nSPS) is 37.5. The van der Waals surface area contributed by atoms with Crippen molar-refractivity contribution in [1.29, 1.82) is 0 Å². The van der Waals surface area contributed by atoms with E-state index in [-0.39, 0.29) is 0 Å². The van der Waals surface area contributed by atoms with Gasteiger partial charge in [0.05, 0.1) is 0 Å². The van der Waals surface area contributed by atoms with E-state index in [0.29, 0.717) is 4.32 Å². The lowest BCUT2D eigenvalue weighted by molar-refractivity contribution is 0.176. The fraction of sp³-hybridized carbons (Fsp3) is 1.00. The Morgan fingerprint density at radius 3 is 2.06 bits per heavy atom. The highest BCUT2D eigenvalue weighted by atomic mass is 79.9. The van der Waals surface area contributed by atoms with Crippen LogP contribution >= 0.6 is 15.9 Å². The minimum absolute atomic E-state index is 0.521. The predicted molar refractivity (Wildman–Crippen MR) is 75.1 cm³/mol. The molecule has 0 aliphatic heterocycles. The zero-order valence-corrected chi connectivity index (χ0v) is 12.4. The molecule has 16 heavy (non-hydrogen) atoms. The highest BCUT2D eigenvalue weighted by molar-refractivity contribution is 9.10. The highest BCUT2D eigenvalue weighted by Gasteiger charge is 2.35. The molecule has 0 aromatic rings. The third kappa shape index (κ3) is 3.24. The summed E-state index contributed by atoms with van der Waals surface area (Å²) in [5.74, 6) is 2.16. The van der Waals surface area contributed by atoms with E-state index in [9.17, 15) is 0 Å². The van der Waals surface area contributed by atoms with E-state index in [2.05, 4.69) is 22.9 Å². The summed E-state index contributed by atoms with van der Waals surface area (Å²) in [6.45, 7) is 2.32. The summed E-state index contributed by atoms with van der Waals surface area (Å²) in [4.78, 5) is 0. The molecule has 0 saturated heterocycles. The van der Waals surface area contributed by atoms with Crippen LogP contribution in [0.1, 0.15) is 77.6 Å². The smallest absolute Gasteiger partial charge is 0.0258 e. The van der Waals surface area contributed by atoms with E-state index in [1.54, 1.807) is 0 Å². The van der Waals surface area contributed by atoms with Crippen molar-refractivity contribution < 1.29 is 0 Å². The van der Waals surface area contributed by atoms with Crippen LogP contribution in [0.15, 0.2) is 0 Å². The maximum atomic E-state index is 4.01. The van der Waals surface area contributed by atoms with E-state index in [1.165, 1.54) is 70.6 Å². The first-order chi connectivity index (χ1) is 7.73. The molecular weight excluding hydrogens is 260 g/mol. The lowest BCUT2D eigenvalue weighted by atomic mass is 9.70. The van der Waals surface area contributed by atoms with Crippen molar-refractivity contribution in [1.82, 2.24) is 0 Å². The summed E-state index contributed by atoms with van der Waals surface area (Å²) >= 11 is 4.01. The number of hydrogen-bond donors (Lipinski definition) is 0. The first-order valence-electron chi connectivity index (χ1n) is 7.42. The van der Waals surface area contributed by atoms with E-state index >= 15 is 0 Å². The van der Waals surface area contributed by atoms with E-state index in [0.717, 1.165) is 11.8 Å². The lowest BCUT2D eigenvalue weighted by Crippen LogP contribution is -2.31. The maximum Gasteiger partial charge on any atom is 0.0258 e. The van der Waals surface area contributed by atoms with Gasteiger partial charge in [0.25, 0.3) is 0 Å². The molecule has 94 valence electrons. The first kappa shape index (κ1) is 12.9. The van der Waals surface area contributed by atoms with Crippen LogP contribution in [0.25, 0.3) is 0 Å². The van der Waals surface area contributed by atoms with Gasteiger partial charge in [0.2, 0.25) is 0 Å².